The molecule has 0 radical (unpaired) electrons. The summed E-state index contributed by atoms with van der Waals surface area (Å²) in [5, 5.41) is 4.44. The van der Waals surface area contributed by atoms with Crippen LogP contribution >= 0.6 is 11.3 Å². The number of amides is 1. The Bertz CT molecular complexity index is 426. The van der Waals surface area contributed by atoms with Gasteiger partial charge in [0.25, 0.3) is 5.91 Å². The van der Waals surface area contributed by atoms with E-state index in [2.05, 4.69) is 10.0 Å². The van der Waals surface area contributed by atoms with Crippen LogP contribution in [0.3, 0.4) is 0 Å². The van der Waals surface area contributed by atoms with Crippen molar-refractivity contribution in [1.82, 2.24) is 10.0 Å². The number of sulfonamides is 1. The molecule has 1 amide bonds. The molecule has 0 aliphatic carbocycles. The third kappa shape index (κ3) is 4.30. The second kappa shape index (κ2) is 5.97. The van der Waals surface area contributed by atoms with Gasteiger partial charge in [-0.1, -0.05) is 6.07 Å². The molecule has 16 heavy (non-hydrogen) atoms. The molecule has 0 atom stereocenters. The van der Waals surface area contributed by atoms with E-state index in [1.165, 1.54) is 11.3 Å². The summed E-state index contributed by atoms with van der Waals surface area (Å²) in [7, 11) is -3.17. The Labute approximate surface area is 98.9 Å². The van der Waals surface area contributed by atoms with Crippen molar-refractivity contribution in [2.45, 2.75) is 6.92 Å². The topological polar surface area (TPSA) is 75.3 Å². The fraction of sp³-hybridized carbons (Fsp3) is 0.444. The van der Waals surface area contributed by atoms with E-state index in [-0.39, 0.29) is 24.7 Å². The predicted molar refractivity (Wildman–Crippen MR) is 64.1 cm³/mol. The first-order valence-corrected chi connectivity index (χ1v) is 7.37. The van der Waals surface area contributed by atoms with Gasteiger partial charge < -0.3 is 5.32 Å². The second-order valence-corrected chi connectivity index (χ2v) is 6.07. The summed E-state index contributed by atoms with van der Waals surface area (Å²) in [5.41, 5.74) is 0. The SMILES string of the molecule is CCS(=O)(=O)NCCNC(=O)c1cccs1. The molecule has 0 aliphatic heterocycles. The molecule has 0 saturated heterocycles. The van der Waals surface area contributed by atoms with Crippen molar-refractivity contribution in [3.8, 4) is 0 Å². The van der Waals surface area contributed by atoms with Crippen LogP contribution in [-0.4, -0.2) is 33.2 Å². The standard InChI is InChI=1S/C9H14N2O3S2/c1-2-16(13,14)11-6-5-10-9(12)8-4-3-7-15-8/h3-4,7,11H,2,5-6H2,1H3,(H,10,12). The summed E-state index contributed by atoms with van der Waals surface area (Å²) < 4.78 is 24.5. The molecule has 0 unspecified atom stereocenters. The van der Waals surface area contributed by atoms with Crippen LogP contribution < -0.4 is 10.0 Å². The van der Waals surface area contributed by atoms with Crippen molar-refractivity contribution in [2.75, 3.05) is 18.8 Å². The van der Waals surface area contributed by atoms with Crippen LogP contribution in [0.4, 0.5) is 0 Å². The minimum Gasteiger partial charge on any atom is -0.350 e. The smallest absolute Gasteiger partial charge is 0.261 e. The zero-order valence-corrected chi connectivity index (χ0v) is 10.5. The van der Waals surface area contributed by atoms with Crippen molar-refractivity contribution in [3.63, 3.8) is 0 Å². The molecule has 1 aromatic rings. The number of rotatable bonds is 6. The predicted octanol–water partition coefficient (Wildman–Crippen LogP) is 0.417. The van der Waals surface area contributed by atoms with Gasteiger partial charge in [0.1, 0.15) is 0 Å². The molecule has 0 fully saturated rings. The van der Waals surface area contributed by atoms with Crippen molar-refractivity contribution >= 4 is 27.3 Å². The molecule has 5 nitrogen and oxygen atoms in total. The van der Waals surface area contributed by atoms with E-state index in [9.17, 15) is 13.2 Å². The summed E-state index contributed by atoms with van der Waals surface area (Å²) in [6.45, 7) is 2.07. The maximum atomic E-state index is 11.4. The third-order valence-corrected chi connectivity index (χ3v) is 4.13. The molecule has 0 aromatic carbocycles. The summed E-state index contributed by atoms with van der Waals surface area (Å²) in [5.74, 6) is -0.128. The fourth-order valence-electron chi connectivity index (χ4n) is 0.979. The molecule has 0 aliphatic rings. The molecule has 1 heterocycles. The molecule has 90 valence electrons. The summed E-state index contributed by atoms with van der Waals surface area (Å²) in [6.07, 6.45) is 0. The van der Waals surface area contributed by atoms with Crippen molar-refractivity contribution in [3.05, 3.63) is 22.4 Å². The van der Waals surface area contributed by atoms with E-state index in [0.717, 1.165) is 0 Å². The Balaban J connectivity index is 2.24. The fourth-order valence-corrected chi connectivity index (χ4v) is 2.24. The summed E-state index contributed by atoms with van der Waals surface area (Å²) >= 11 is 1.35. The number of carbonyl (C=O) groups is 1. The number of hydrogen-bond donors (Lipinski definition) is 2. The Hall–Kier alpha value is -0.920. The summed E-state index contributed by atoms with van der Waals surface area (Å²) in [4.78, 5) is 12.0. The molecule has 2 N–H and O–H groups in total. The van der Waals surface area contributed by atoms with E-state index >= 15 is 0 Å². The van der Waals surface area contributed by atoms with Gasteiger partial charge >= 0.3 is 0 Å². The number of nitrogens with one attached hydrogen (secondary N) is 2. The van der Waals surface area contributed by atoms with Crippen LogP contribution in [-0.2, 0) is 10.0 Å². The third-order valence-electron chi connectivity index (χ3n) is 1.86. The Morgan fingerprint density at radius 3 is 2.75 bits per heavy atom. The maximum Gasteiger partial charge on any atom is 0.261 e. The lowest BCUT2D eigenvalue weighted by molar-refractivity contribution is 0.0958. The van der Waals surface area contributed by atoms with Gasteiger partial charge in [-0.3, -0.25) is 4.79 Å². The van der Waals surface area contributed by atoms with Crippen LogP contribution in [0.2, 0.25) is 0 Å². The normalized spacial score (nSPS) is 11.3. The van der Waals surface area contributed by atoms with Crippen molar-refractivity contribution < 1.29 is 13.2 Å². The van der Waals surface area contributed by atoms with Gasteiger partial charge in [0.2, 0.25) is 10.0 Å². The van der Waals surface area contributed by atoms with Crippen LogP contribution in [0.1, 0.15) is 16.6 Å². The van der Waals surface area contributed by atoms with Gasteiger partial charge in [0, 0.05) is 13.1 Å². The largest absolute Gasteiger partial charge is 0.350 e. The van der Waals surface area contributed by atoms with E-state index in [1.807, 2.05) is 5.38 Å². The van der Waals surface area contributed by atoms with Crippen LogP contribution in [0.5, 0.6) is 0 Å². The monoisotopic (exact) mass is 262 g/mol. The molecular weight excluding hydrogens is 248 g/mol. The van der Waals surface area contributed by atoms with Crippen LogP contribution in [0.25, 0.3) is 0 Å². The maximum absolute atomic E-state index is 11.4. The Kier molecular flexibility index (Phi) is 4.91. The second-order valence-electron chi connectivity index (χ2n) is 3.03. The van der Waals surface area contributed by atoms with Gasteiger partial charge in [0.15, 0.2) is 0 Å². The van der Waals surface area contributed by atoms with Gasteiger partial charge in [-0.25, -0.2) is 13.1 Å². The number of hydrogen-bond acceptors (Lipinski definition) is 4. The van der Waals surface area contributed by atoms with Crippen LogP contribution in [0.15, 0.2) is 17.5 Å². The first-order valence-electron chi connectivity index (χ1n) is 4.84. The molecule has 7 heteroatoms. The van der Waals surface area contributed by atoms with E-state index < -0.39 is 10.0 Å². The first-order chi connectivity index (χ1) is 7.55. The zero-order valence-electron chi connectivity index (χ0n) is 8.89. The highest BCUT2D eigenvalue weighted by Gasteiger charge is 2.07. The highest BCUT2D eigenvalue weighted by molar-refractivity contribution is 7.89. The highest BCUT2D eigenvalue weighted by Crippen LogP contribution is 2.07. The van der Waals surface area contributed by atoms with Gasteiger partial charge in [-0.2, -0.15) is 0 Å². The molecule has 1 rings (SSSR count). The van der Waals surface area contributed by atoms with Crippen molar-refractivity contribution in [1.29, 1.82) is 0 Å². The van der Waals surface area contributed by atoms with Gasteiger partial charge in [-0.15, -0.1) is 11.3 Å². The quantitative estimate of drug-likeness (QED) is 0.729. The van der Waals surface area contributed by atoms with Crippen molar-refractivity contribution in [2.24, 2.45) is 0 Å². The molecule has 0 bridgehead atoms. The number of thiophene rings is 1. The molecule has 0 saturated carbocycles. The minimum atomic E-state index is -3.17. The lowest BCUT2D eigenvalue weighted by Gasteiger charge is -2.05. The van der Waals surface area contributed by atoms with E-state index in [4.69, 9.17) is 0 Å². The zero-order chi connectivity index (χ0) is 12.0. The average Bonchev–Trinajstić information content (AvgIpc) is 2.77. The van der Waals surface area contributed by atoms with E-state index in [0.29, 0.717) is 4.88 Å². The highest BCUT2D eigenvalue weighted by atomic mass is 32.2. The number of carbonyl (C=O) groups excluding carboxylic acids is 1. The lowest BCUT2D eigenvalue weighted by atomic mass is 10.4. The van der Waals surface area contributed by atoms with Crippen LogP contribution in [0, 0.1) is 0 Å². The lowest BCUT2D eigenvalue weighted by Crippen LogP contribution is -2.35. The Morgan fingerprint density at radius 1 is 1.44 bits per heavy atom. The minimum absolute atomic E-state index is 0.0475. The first kappa shape index (κ1) is 13.1. The van der Waals surface area contributed by atoms with Gasteiger partial charge in [0.05, 0.1) is 10.6 Å². The Morgan fingerprint density at radius 2 is 2.19 bits per heavy atom. The molecular formula is C9H14N2O3S2. The van der Waals surface area contributed by atoms with Gasteiger partial charge in [-0.05, 0) is 18.4 Å². The average molecular weight is 262 g/mol. The molecule has 1 aromatic heterocycles. The molecule has 0 spiro atoms. The summed E-state index contributed by atoms with van der Waals surface area (Å²) in [6, 6.07) is 3.51. The van der Waals surface area contributed by atoms with E-state index in [1.54, 1.807) is 19.1 Å².